The van der Waals surface area contributed by atoms with E-state index in [1.807, 2.05) is 30.0 Å². The second kappa shape index (κ2) is 11.4. The van der Waals surface area contributed by atoms with E-state index in [0.717, 1.165) is 25.4 Å². The minimum Gasteiger partial charge on any atom is -0.379 e. The van der Waals surface area contributed by atoms with E-state index in [2.05, 4.69) is 32.2 Å². The van der Waals surface area contributed by atoms with Gasteiger partial charge in [-0.2, -0.15) is 13.2 Å². The molecule has 0 radical (unpaired) electrons. The lowest BCUT2D eigenvalue weighted by atomic mass is 9.98. The lowest BCUT2D eigenvalue weighted by Gasteiger charge is -2.39. The van der Waals surface area contributed by atoms with Crippen molar-refractivity contribution in [2.24, 2.45) is 0 Å². The number of halogens is 3. The first-order valence-corrected chi connectivity index (χ1v) is 12.0. The molecule has 2 saturated heterocycles. The minimum absolute atomic E-state index is 0.0344. The van der Waals surface area contributed by atoms with Crippen LogP contribution in [0.4, 0.5) is 19.0 Å². The van der Waals surface area contributed by atoms with E-state index in [9.17, 15) is 18.0 Å². The Bertz CT molecular complexity index is 944. The molecule has 10 heteroatoms. The molecule has 0 bridgehead atoms. The number of morpholine rings is 1. The molecule has 2 aromatic rings. The highest BCUT2D eigenvalue weighted by atomic mass is 19.4. The van der Waals surface area contributed by atoms with Crippen molar-refractivity contribution in [3.05, 3.63) is 59.8 Å². The molecule has 1 N–H and O–H groups in total. The zero-order valence-electron chi connectivity index (χ0n) is 19.9. The molecule has 2 fully saturated rings. The monoisotopic (exact) mass is 491 g/mol. The smallest absolute Gasteiger partial charge is 0.379 e. The van der Waals surface area contributed by atoms with Crippen molar-refractivity contribution in [1.29, 1.82) is 0 Å². The molecule has 3 heterocycles. The van der Waals surface area contributed by atoms with Crippen LogP contribution in [-0.4, -0.2) is 85.8 Å². The van der Waals surface area contributed by atoms with E-state index in [-0.39, 0.29) is 24.5 Å². The first-order chi connectivity index (χ1) is 16.8. The van der Waals surface area contributed by atoms with E-state index in [0.29, 0.717) is 45.2 Å². The van der Waals surface area contributed by atoms with Crippen molar-refractivity contribution in [2.45, 2.75) is 25.2 Å². The van der Waals surface area contributed by atoms with Crippen molar-refractivity contribution in [3.8, 4) is 0 Å². The van der Waals surface area contributed by atoms with Crippen molar-refractivity contribution in [1.82, 2.24) is 20.1 Å². The van der Waals surface area contributed by atoms with Gasteiger partial charge in [0.2, 0.25) is 5.91 Å². The highest BCUT2D eigenvalue weighted by Crippen LogP contribution is 2.29. The molecule has 0 spiro atoms. The Hall–Kier alpha value is -2.69. The van der Waals surface area contributed by atoms with E-state index in [1.165, 1.54) is 11.6 Å². The molecule has 7 nitrogen and oxygen atoms in total. The fourth-order valence-electron chi connectivity index (χ4n) is 4.78. The number of pyridine rings is 1. The van der Waals surface area contributed by atoms with Gasteiger partial charge in [-0.05, 0) is 24.6 Å². The molecular weight excluding hydrogens is 459 g/mol. The summed E-state index contributed by atoms with van der Waals surface area (Å²) in [7, 11) is 0. The van der Waals surface area contributed by atoms with Gasteiger partial charge in [-0.15, -0.1) is 0 Å². The number of benzene rings is 1. The molecular formula is C25H32F3N5O2. The summed E-state index contributed by atoms with van der Waals surface area (Å²) in [5.74, 6) is 0.486. The van der Waals surface area contributed by atoms with Gasteiger partial charge in [-0.1, -0.05) is 30.3 Å². The zero-order valence-corrected chi connectivity index (χ0v) is 19.9. The molecule has 0 unspecified atom stereocenters. The summed E-state index contributed by atoms with van der Waals surface area (Å²) in [6.07, 6.45) is -3.52. The molecule has 1 aromatic carbocycles. The summed E-state index contributed by atoms with van der Waals surface area (Å²) in [6.45, 7) is 7.79. The molecule has 1 aromatic heterocycles. The third-order valence-corrected chi connectivity index (χ3v) is 6.58. The third-order valence-electron chi connectivity index (χ3n) is 6.58. The molecule has 0 aliphatic carbocycles. The van der Waals surface area contributed by atoms with Crippen LogP contribution in [0.1, 0.15) is 24.1 Å². The second-order valence-corrected chi connectivity index (χ2v) is 9.03. The van der Waals surface area contributed by atoms with Crippen LogP contribution in [0.15, 0.2) is 48.7 Å². The van der Waals surface area contributed by atoms with Crippen LogP contribution in [-0.2, 0) is 15.7 Å². The average molecular weight is 492 g/mol. The molecule has 2 aliphatic rings. The van der Waals surface area contributed by atoms with Crippen molar-refractivity contribution >= 4 is 11.7 Å². The number of hydrogen-bond donors (Lipinski definition) is 1. The van der Waals surface area contributed by atoms with Crippen LogP contribution >= 0.6 is 0 Å². The van der Waals surface area contributed by atoms with Crippen molar-refractivity contribution in [2.75, 3.05) is 63.9 Å². The van der Waals surface area contributed by atoms with Gasteiger partial charge in [-0.25, -0.2) is 4.98 Å². The zero-order chi connectivity index (χ0) is 24.8. The largest absolute Gasteiger partial charge is 0.417 e. The molecule has 2 aliphatic heterocycles. The van der Waals surface area contributed by atoms with Crippen LogP contribution < -0.4 is 10.2 Å². The maximum atomic E-state index is 12.9. The van der Waals surface area contributed by atoms with Crippen molar-refractivity contribution < 1.29 is 22.7 Å². The molecule has 0 saturated carbocycles. The number of amides is 1. The Morgan fingerprint density at radius 2 is 1.71 bits per heavy atom. The standard InChI is InChI=1S/C25H32F3N5O2/c1-19(24(20-5-3-2-4-6-20)33-13-15-35-16-14-33)30-23(34)18-31-9-11-32(12-10-31)22-8-7-21(17-29-22)25(26,27)28/h2-8,17,19,24H,9-16,18H2,1H3,(H,30,34)/t19-,24-/m0/s1. The quantitative estimate of drug-likeness (QED) is 0.643. The molecule has 4 rings (SSSR count). The maximum Gasteiger partial charge on any atom is 0.417 e. The van der Waals surface area contributed by atoms with Crippen LogP contribution in [0.5, 0.6) is 0 Å². The first kappa shape index (κ1) is 25.4. The fourth-order valence-corrected chi connectivity index (χ4v) is 4.78. The Balaban J connectivity index is 1.29. The summed E-state index contributed by atoms with van der Waals surface area (Å²) in [5, 5.41) is 3.19. The fraction of sp³-hybridized carbons (Fsp3) is 0.520. The number of piperazine rings is 1. The summed E-state index contributed by atoms with van der Waals surface area (Å²) in [6, 6.07) is 12.7. The highest BCUT2D eigenvalue weighted by molar-refractivity contribution is 5.78. The number of anilines is 1. The number of ether oxygens (including phenoxy) is 1. The van der Waals surface area contributed by atoms with E-state index >= 15 is 0 Å². The number of rotatable bonds is 7. The average Bonchev–Trinajstić information content (AvgIpc) is 2.85. The van der Waals surface area contributed by atoms with Gasteiger partial charge in [0.25, 0.3) is 0 Å². The Morgan fingerprint density at radius 3 is 2.31 bits per heavy atom. The maximum absolute atomic E-state index is 12.9. The SMILES string of the molecule is C[C@H](NC(=O)CN1CCN(c2ccc(C(F)(F)F)cn2)CC1)[C@@H](c1ccccc1)N1CCOCC1. The summed E-state index contributed by atoms with van der Waals surface area (Å²) in [5.41, 5.74) is 0.413. The van der Waals surface area contributed by atoms with Crippen LogP contribution in [0, 0.1) is 0 Å². The minimum atomic E-state index is -4.39. The van der Waals surface area contributed by atoms with E-state index in [4.69, 9.17) is 4.74 Å². The Kier molecular flexibility index (Phi) is 8.25. The number of hydrogen-bond acceptors (Lipinski definition) is 6. The van der Waals surface area contributed by atoms with Crippen LogP contribution in [0.25, 0.3) is 0 Å². The third kappa shape index (κ3) is 6.71. The molecule has 2 atom stereocenters. The highest BCUT2D eigenvalue weighted by Gasteiger charge is 2.32. The van der Waals surface area contributed by atoms with Gasteiger partial charge in [0.05, 0.1) is 31.4 Å². The normalized spacial score (nSPS) is 19.8. The van der Waals surface area contributed by atoms with Gasteiger partial charge in [0.15, 0.2) is 0 Å². The van der Waals surface area contributed by atoms with E-state index in [1.54, 1.807) is 0 Å². The molecule has 190 valence electrons. The van der Waals surface area contributed by atoms with Gasteiger partial charge < -0.3 is 15.0 Å². The number of carbonyl (C=O) groups excluding carboxylic acids is 1. The second-order valence-electron chi connectivity index (χ2n) is 9.03. The lowest BCUT2D eigenvalue weighted by molar-refractivity contribution is -0.137. The van der Waals surface area contributed by atoms with Crippen molar-refractivity contribution in [3.63, 3.8) is 0 Å². The first-order valence-electron chi connectivity index (χ1n) is 12.0. The molecule has 1 amide bonds. The Morgan fingerprint density at radius 1 is 1.03 bits per heavy atom. The number of carbonyl (C=O) groups is 1. The van der Waals surface area contributed by atoms with Gasteiger partial charge in [-0.3, -0.25) is 14.6 Å². The number of nitrogens with one attached hydrogen (secondary N) is 1. The number of nitrogens with zero attached hydrogens (tertiary/aromatic N) is 4. The summed E-state index contributed by atoms with van der Waals surface area (Å²) in [4.78, 5) is 23.2. The van der Waals surface area contributed by atoms with Gasteiger partial charge >= 0.3 is 6.18 Å². The predicted octanol–water partition coefficient (Wildman–Crippen LogP) is 2.80. The van der Waals surface area contributed by atoms with Crippen LogP contribution in [0.2, 0.25) is 0 Å². The topological polar surface area (TPSA) is 60.9 Å². The lowest BCUT2D eigenvalue weighted by Crippen LogP contribution is -2.52. The predicted molar refractivity (Wildman–Crippen MR) is 127 cm³/mol. The number of aromatic nitrogens is 1. The number of alkyl halides is 3. The summed E-state index contributed by atoms with van der Waals surface area (Å²) < 4.78 is 43.8. The summed E-state index contributed by atoms with van der Waals surface area (Å²) >= 11 is 0. The Labute approximate surface area is 203 Å². The van der Waals surface area contributed by atoms with Gasteiger partial charge in [0.1, 0.15) is 5.82 Å². The van der Waals surface area contributed by atoms with Gasteiger partial charge in [0, 0.05) is 51.5 Å². The molecule has 35 heavy (non-hydrogen) atoms. The van der Waals surface area contributed by atoms with Crippen LogP contribution in [0.3, 0.4) is 0 Å². The van der Waals surface area contributed by atoms with E-state index < -0.39 is 11.7 Å².